The second kappa shape index (κ2) is 6.44. The molecule has 0 N–H and O–H groups in total. The molecule has 3 nitrogen and oxygen atoms in total. The van der Waals surface area contributed by atoms with Crippen molar-refractivity contribution in [1.82, 2.24) is 4.57 Å². The van der Waals surface area contributed by atoms with E-state index in [1.165, 1.54) is 0 Å². The molecule has 21 heavy (non-hydrogen) atoms. The zero-order valence-corrected chi connectivity index (χ0v) is 12.8. The Morgan fingerprint density at radius 2 is 2.05 bits per heavy atom. The molecule has 0 unspecified atom stereocenters. The zero-order chi connectivity index (χ0) is 15.4. The molecule has 0 bridgehead atoms. The highest BCUT2D eigenvalue weighted by atomic mass is 16.5. The maximum absolute atomic E-state index is 12.3. The van der Waals surface area contributed by atoms with E-state index in [-0.39, 0.29) is 12.4 Å². The van der Waals surface area contributed by atoms with Gasteiger partial charge >= 0.3 is 0 Å². The molecule has 1 aromatic carbocycles. The van der Waals surface area contributed by atoms with Crippen LogP contribution in [0.15, 0.2) is 43.0 Å². The van der Waals surface area contributed by atoms with E-state index in [0.717, 1.165) is 34.7 Å². The molecule has 1 heterocycles. The zero-order valence-electron chi connectivity index (χ0n) is 12.8. The molecule has 0 aliphatic rings. The molecule has 0 aliphatic carbocycles. The Hall–Kier alpha value is -2.29. The number of aromatic nitrogens is 1. The molecule has 3 heteroatoms. The number of benzene rings is 1. The predicted molar refractivity (Wildman–Crippen MR) is 85.1 cm³/mol. The fourth-order valence-corrected chi connectivity index (χ4v) is 2.33. The molecule has 0 fully saturated rings. The van der Waals surface area contributed by atoms with Crippen molar-refractivity contribution in [3.05, 3.63) is 65.5 Å². The predicted octanol–water partition coefficient (Wildman–Crippen LogP) is 3.63. The van der Waals surface area contributed by atoms with Gasteiger partial charge in [0.25, 0.3) is 0 Å². The van der Waals surface area contributed by atoms with Crippen LogP contribution in [-0.2, 0) is 13.5 Å². The molecular weight excluding hydrogens is 262 g/mol. The van der Waals surface area contributed by atoms with Gasteiger partial charge in [-0.3, -0.25) is 4.79 Å². The highest BCUT2D eigenvalue weighted by molar-refractivity contribution is 5.98. The van der Waals surface area contributed by atoms with Crippen LogP contribution in [0.2, 0.25) is 0 Å². The molecule has 2 rings (SSSR count). The number of nitrogens with zero attached hydrogens (tertiary/aromatic N) is 1. The van der Waals surface area contributed by atoms with Crippen molar-refractivity contribution in [2.75, 3.05) is 6.61 Å². The number of hydrogen-bond donors (Lipinski definition) is 0. The minimum atomic E-state index is 0.00426. The van der Waals surface area contributed by atoms with Crippen LogP contribution in [0.1, 0.15) is 27.3 Å². The third-order valence-corrected chi connectivity index (χ3v) is 3.77. The van der Waals surface area contributed by atoms with Crippen molar-refractivity contribution in [3.8, 4) is 5.75 Å². The average Bonchev–Trinajstić information content (AvgIpc) is 2.74. The third-order valence-electron chi connectivity index (χ3n) is 3.77. The van der Waals surface area contributed by atoms with E-state index in [4.69, 9.17) is 4.74 Å². The van der Waals surface area contributed by atoms with Gasteiger partial charge in [-0.15, -0.1) is 6.58 Å². The highest BCUT2D eigenvalue weighted by Gasteiger charge is 2.15. The minimum Gasteiger partial charge on any atom is -0.485 e. The van der Waals surface area contributed by atoms with E-state index >= 15 is 0 Å². The van der Waals surface area contributed by atoms with Gasteiger partial charge in [-0.05, 0) is 38.0 Å². The molecule has 110 valence electrons. The Bertz CT molecular complexity index is 668. The first kappa shape index (κ1) is 15.1. The summed E-state index contributed by atoms with van der Waals surface area (Å²) in [5.74, 6) is 0.751. The highest BCUT2D eigenvalue weighted by Crippen LogP contribution is 2.20. The van der Waals surface area contributed by atoms with Crippen LogP contribution in [0.5, 0.6) is 5.75 Å². The number of rotatable bonds is 6. The van der Waals surface area contributed by atoms with E-state index < -0.39 is 0 Å². The summed E-state index contributed by atoms with van der Waals surface area (Å²) in [6.45, 7) is 7.73. The standard InChI is InChI=1S/C18H21NO2/c1-5-8-15-9-6-7-10-18(15)21-12-17(20)16-11-13(2)19(4)14(16)3/h5-7,9-11H,1,8,12H2,2-4H3. The lowest BCUT2D eigenvalue weighted by Crippen LogP contribution is -2.13. The summed E-state index contributed by atoms with van der Waals surface area (Å²) in [5.41, 5.74) is 3.82. The van der Waals surface area contributed by atoms with Gasteiger partial charge in [0.2, 0.25) is 5.78 Å². The number of carbonyl (C=O) groups excluding carboxylic acids is 1. The molecule has 0 aliphatic heterocycles. The summed E-state index contributed by atoms with van der Waals surface area (Å²) in [6.07, 6.45) is 2.56. The quantitative estimate of drug-likeness (QED) is 0.599. The number of allylic oxidation sites excluding steroid dienone is 1. The monoisotopic (exact) mass is 283 g/mol. The van der Waals surface area contributed by atoms with Gasteiger partial charge in [0.1, 0.15) is 5.75 Å². The van der Waals surface area contributed by atoms with Crippen LogP contribution in [-0.4, -0.2) is 17.0 Å². The SMILES string of the molecule is C=CCc1ccccc1OCC(=O)c1cc(C)n(C)c1C. The molecule has 1 aromatic heterocycles. The largest absolute Gasteiger partial charge is 0.485 e. The first-order chi connectivity index (χ1) is 10.0. The molecule has 0 atom stereocenters. The van der Waals surface area contributed by atoms with Gasteiger partial charge < -0.3 is 9.30 Å². The van der Waals surface area contributed by atoms with E-state index in [1.807, 2.05) is 61.9 Å². The summed E-state index contributed by atoms with van der Waals surface area (Å²) in [6, 6.07) is 9.65. The summed E-state index contributed by atoms with van der Waals surface area (Å²) >= 11 is 0. The lowest BCUT2D eigenvalue weighted by atomic mass is 10.1. The van der Waals surface area contributed by atoms with Gasteiger partial charge in [-0.2, -0.15) is 0 Å². The van der Waals surface area contributed by atoms with E-state index in [2.05, 4.69) is 6.58 Å². The minimum absolute atomic E-state index is 0.00426. The van der Waals surface area contributed by atoms with Crippen LogP contribution in [0.4, 0.5) is 0 Å². The number of ketones is 1. The Kier molecular flexibility index (Phi) is 4.63. The van der Waals surface area contributed by atoms with E-state index in [0.29, 0.717) is 0 Å². The smallest absolute Gasteiger partial charge is 0.202 e. The first-order valence-electron chi connectivity index (χ1n) is 7.02. The van der Waals surface area contributed by atoms with Crippen LogP contribution >= 0.6 is 0 Å². The van der Waals surface area contributed by atoms with Gasteiger partial charge in [0, 0.05) is 24.0 Å². The number of hydrogen-bond acceptors (Lipinski definition) is 2. The molecule has 0 radical (unpaired) electrons. The maximum atomic E-state index is 12.3. The second-order valence-corrected chi connectivity index (χ2v) is 5.16. The average molecular weight is 283 g/mol. The molecular formula is C18H21NO2. The van der Waals surface area contributed by atoms with Crippen LogP contribution < -0.4 is 4.74 Å². The summed E-state index contributed by atoms with van der Waals surface area (Å²) < 4.78 is 7.72. The number of ether oxygens (including phenoxy) is 1. The lowest BCUT2D eigenvalue weighted by molar-refractivity contribution is 0.0920. The van der Waals surface area contributed by atoms with E-state index in [9.17, 15) is 4.79 Å². The second-order valence-electron chi connectivity index (χ2n) is 5.16. The summed E-state index contributed by atoms with van der Waals surface area (Å²) in [4.78, 5) is 12.3. The normalized spacial score (nSPS) is 10.4. The number of para-hydroxylation sites is 1. The lowest BCUT2D eigenvalue weighted by Gasteiger charge is -2.09. The number of carbonyl (C=O) groups is 1. The van der Waals surface area contributed by atoms with Crippen molar-refractivity contribution in [2.45, 2.75) is 20.3 Å². The van der Waals surface area contributed by atoms with Crippen molar-refractivity contribution in [1.29, 1.82) is 0 Å². The summed E-state index contributed by atoms with van der Waals surface area (Å²) in [5, 5.41) is 0. The fourth-order valence-electron chi connectivity index (χ4n) is 2.33. The summed E-state index contributed by atoms with van der Waals surface area (Å²) in [7, 11) is 1.96. The molecule has 2 aromatic rings. The Balaban J connectivity index is 2.11. The fraction of sp³-hybridized carbons (Fsp3) is 0.278. The first-order valence-corrected chi connectivity index (χ1v) is 7.02. The third kappa shape index (κ3) is 3.24. The van der Waals surface area contributed by atoms with Crippen molar-refractivity contribution < 1.29 is 9.53 Å². The molecule has 0 amide bonds. The Morgan fingerprint density at radius 1 is 1.33 bits per heavy atom. The number of aryl methyl sites for hydroxylation is 1. The van der Waals surface area contributed by atoms with Gasteiger partial charge in [-0.25, -0.2) is 0 Å². The van der Waals surface area contributed by atoms with Crippen LogP contribution in [0, 0.1) is 13.8 Å². The Morgan fingerprint density at radius 3 is 2.67 bits per heavy atom. The Labute approximate surface area is 125 Å². The van der Waals surface area contributed by atoms with Crippen molar-refractivity contribution >= 4 is 5.78 Å². The van der Waals surface area contributed by atoms with Gasteiger partial charge in [-0.1, -0.05) is 24.3 Å². The van der Waals surface area contributed by atoms with Crippen LogP contribution in [0.25, 0.3) is 0 Å². The van der Waals surface area contributed by atoms with Gasteiger partial charge in [0.05, 0.1) is 0 Å². The number of Topliss-reactive ketones (excluding diaryl/α,β-unsaturated/α-hetero) is 1. The van der Waals surface area contributed by atoms with Crippen molar-refractivity contribution in [2.24, 2.45) is 7.05 Å². The van der Waals surface area contributed by atoms with Gasteiger partial charge in [0.15, 0.2) is 6.61 Å². The molecule has 0 saturated heterocycles. The molecule has 0 saturated carbocycles. The molecule has 0 spiro atoms. The van der Waals surface area contributed by atoms with E-state index in [1.54, 1.807) is 0 Å². The van der Waals surface area contributed by atoms with Crippen molar-refractivity contribution in [3.63, 3.8) is 0 Å². The topological polar surface area (TPSA) is 31.2 Å². The van der Waals surface area contributed by atoms with Crippen LogP contribution in [0.3, 0.4) is 0 Å². The maximum Gasteiger partial charge on any atom is 0.202 e.